The monoisotopic (exact) mass is 501 g/mol. The molecule has 3 saturated heterocycles. The molecule has 0 spiro atoms. The number of piperidine rings is 1. The Morgan fingerprint density at radius 2 is 1.80 bits per heavy atom. The van der Waals surface area contributed by atoms with Crippen LogP contribution in [0.1, 0.15) is 43.7 Å². The van der Waals surface area contributed by atoms with E-state index in [-0.39, 0.29) is 43.4 Å². The Hall–Kier alpha value is -2.68. The summed E-state index contributed by atoms with van der Waals surface area (Å²) in [6.07, 6.45) is 3.20. The van der Waals surface area contributed by atoms with E-state index >= 15 is 0 Å². The molecule has 11 heteroatoms. The normalized spacial score (nSPS) is 27.9. The molecule has 5 rings (SSSR count). The number of benzene rings is 1. The molecule has 35 heavy (non-hydrogen) atoms. The topological polar surface area (TPSA) is 123 Å². The first kappa shape index (κ1) is 24.0. The summed E-state index contributed by atoms with van der Waals surface area (Å²) in [6, 6.07) is 9.05. The fourth-order valence-corrected chi connectivity index (χ4v) is 7.31. The molecule has 0 saturated carbocycles. The number of hydrogen-bond donors (Lipinski definition) is 1. The highest BCUT2D eigenvalue weighted by Gasteiger charge is 2.44. The third kappa shape index (κ3) is 4.62. The van der Waals surface area contributed by atoms with Crippen molar-refractivity contribution in [2.24, 2.45) is 11.8 Å². The standard InChI is InChI=1S/C24H31N5O5S/c25-13-17-14-28(15-17)35(32,33)27-10-3-5-18(16-27)24(31)29-11-4-7-21(29)23(30)26-20-9-12-34-22-8-2-1-6-19(20)22/h1-2,6,8,17-18,20-21H,3-5,7,9-12,14-16H2,(H,26,30)/t18-,20-,21+/m0/s1. The predicted octanol–water partition coefficient (Wildman–Crippen LogP) is 1.03. The van der Waals surface area contributed by atoms with Crippen LogP contribution in [0.4, 0.5) is 0 Å². The highest BCUT2D eigenvalue weighted by molar-refractivity contribution is 7.86. The van der Waals surface area contributed by atoms with Gasteiger partial charge in [0.2, 0.25) is 11.8 Å². The average Bonchev–Trinajstić information content (AvgIpc) is 3.33. The second kappa shape index (κ2) is 9.76. The number of nitrogens with zero attached hydrogens (tertiary/aromatic N) is 4. The van der Waals surface area contributed by atoms with Crippen LogP contribution in [0.15, 0.2) is 24.3 Å². The van der Waals surface area contributed by atoms with Crippen molar-refractivity contribution in [2.75, 3.05) is 39.3 Å². The molecule has 4 heterocycles. The largest absolute Gasteiger partial charge is 0.493 e. The summed E-state index contributed by atoms with van der Waals surface area (Å²) in [5.41, 5.74) is 0.945. The van der Waals surface area contributed by atoms with Gasteiger partial charge < -0.3 is 15.0 Å². The third-order valence-corrected chi connectivity index (χ3v) is 9.47. The Labute approximate surface area is 206 Å². The summed E-state index contributed by atoms with van der Waals surface area (Å²) >= 11 is 0. The first-order chi connectivity index (χ1) is 16.9. The number of carbonyl (C=O) groups excluding carboxylic acids is 2. The Morgan fingerprint density at radius 3 is 2.60 bits per heavy atom. The van der Waals surface area contributed by atoms with E-state index in [2.05, 4.69) is 11.4 Å². The zero-order chi connectivity index (χ0) is 24.6. The second-order valence-electron chi connectivity index (χ2n) is 9.77. The van der Waals surface area contributed by atoms with Gasteiger partial charge in [-0.2, -0.15) is 22.3 Å². The van der Waals surface area contributed by atoms with Crippen LogP contribution in [0.25, 0.3) is 0 Å². The van der Waals surface area contributed by atoms with Crippen LogP contribution in [0.3, 0.4) is 0 Å². The SMILES string of the molecule is N#CC1CN(S(=O)(=O)N2CCC[C@H](C(=O)N3CCC[C@@H]3C(=O)N[C@H]3CCOc4ccccc43)C2)C1. The van der Waals surface area contributed by atoms with Crippen LogP contribution in [0.5, 0.6) is 5.75 Å². The molecule has 0 unspecified atom stereocenters. The van der Waals surface area contributed by atoms with Gasteiger partial charge in [0, 0.05) is 44.7 Å². The molecule has 3 atom stereocenters. The molecule has 0 aliphatic carbocycles. The summed E-state index contributed by atoms with van der Waals surface area (Å²) in [7, 11) is -3.68. The Kier molecular flexibility index (Phi) is 6.70. The summed E-state index contributed by atoms with van der Waals surface area (Å²) in [5.74, 6) is -0.271. The number of fused-ring (bicyclic) bond motifs is 1. The van der Waals surface area contributed by atoms with Gasteiger partial charge in [-0.05, 0) is 31.7 Å². The van der Waals surface area contributed by atoms with Crippen molar-refractivity contribution in [2.45, 2.75) is 44.2 Å². The van der Waals surface area contributed by atoms with Gasteiger partial charge in [-0.3, -0.25) is 9.59 Å². The smallest absolute Gasteiger partial charge is 0.282 e. The van der Waals surface area contributed by atoms with Crippen molar-refractivity contribution in [3.8, 4) is 11.8 Å². The van der Waals surface area contributed by atoms with Gasteiger partial charge >= 0.3 is 0 Å². The number of likely N-dealkylation sites (tertiary alicyclic amines) is 1. The highest BCUT2D eigenvalue weighted by Crippen LogP contribution is 2.33. The van der Waals surface area contributed by atoms with Crippen molar-refractivity contribution in [3.05, 3.63) is 29.8 Å². The average molecular weight is 502 g/mol. The molecular weight excluding hydrogens is 470 g/mol. The van der Waals surface area contributed by atoms with Crippen molar-refractivity contribution >= 4 is 22.0 Å². The van der Waals surface area contributed by atoms with Gasteiger partial charge in [0.15, 0.2) is 0 Å². The van der Waals surface area contributed by atoms with Gasteiger partial charge in [0.1, 0.15) is 11.8 Å². The Morgan fingerprint density at radius 1 is 1.03 bits per heavy atom. The molecule has 188 valence electrons. The fourth-order valence-electron chi connectivity index (χ4n) is 5.52. The number of para-hydroxylation sites is 1. The molecule has 1 aromatic carbocycles. The first-order valence-corrected chi connectivity index (χ1v) is 13.8. The number of ether oxygens (including phenoxy) is 1. The van der Waals surface area contributed by atoms with Crippen LogP contribution in [-0.4, -0.2) is 79.1 Å². The molecule has 3 fully saturated rings. The summed E-state index contributed by atoms with van der Waals surface area (Å²) in [6.45, 7) is 1.92. The quantitative estimate of drug-likeness (QED) is 0.643. The van der Waals surface area contributed by atoms with Crippen LogP contribution in [0, 0.1) is 23.2 Å². The van der Waals surface area contributed by atoms with Crippen LogP contribution < -0.4 is 10.1 Å². The number of rotatable bonds is 5. The maximum Gasteiger partial charge on any atom is 0.282 e. The lowest BCUT2D eigenvalue weighted by atomic mass is 9.97. The predicted molar refractivity (Wildman–Crippen MR) is 126 cm³/mol. The van der Waals surface area contributed by atoms with Gasteiger partial charge in [-0.15, -0.1) is 0 Å². The van der Waals surface area contributed by atoms with Gasteiger partial charge in [-0.25, -0.2) is 0 Å². The molecule has 1 N–H and O–H groups in total. The minimum Gasteiger partial charge on any atom is -0.493 e. The van der Waals surface area contributed by atoms with E-state index in [4.69, 9.17) is 10.00 Å². The number of carbonyl (C=O) groups is 2. The molecule has 4 aliphatic rings. The maximum atomic E-state index is 13.5. The van der Waals surface area contributed by atoms with E-state index in [1.165, 1.54) is 8.61 Å². The molecule has 10 nitrogen and oxygen atoms in total. The van der Waals surface area contributed by atoms with E-state index in [9.17, 15) is 18.0 Å². The first-order valence-electron chi connectivity index (χ1n) is 12.4. The summed E-state index contributed by atoms with van der Waals surface area (Å²) in [4.78, 5) is 28.4. The minimum atomic E-state index is -3.68. The molecule has 2 amide bonds. The third-order valence-electron chi connectivity index (χ3n) is 7.53. The Balaban J connectivity index is 1.23. The number of nitriles is 1. The maximum absolute atomic E-state index is 13.5. The number of nitrogens with one attached hydrogen (secondary N) is 1. The van der Waals surface area contributed by atoms with Gasteiger partial charge in [0.25, 0.3) is 10.2 Å². The zero-order valence-corrected chi connectivity index (χ0v) is 20.5. The van der Waals surface area contributed by atoms with Crippen molar-refractivity contribution in [1.82, 2.24) is 18.8 Å². The van der Waals surface area contributed by atoms with E-state index < -0.39 is 22.2 Å². The van der Waals surface area contributed by atoms with Gasteiger partial charge in [-0.1, -0.05) is 18.2 Å². The van der Waals surface area contributed by atoms with E-state index in [0.29, 0.717) is 45.4 Å². The number of hydrogen-bond acceptors (Lipinski definition) is 6. The molecule has 1 aromatic rings. The van der Waals surface area contributed by atoms with Crippen LogP contribution in [0.2, 0.25) is 0 Å². The second-order valence-corrected chi connectivity index (χ2v) is 11.7. The lowest BCUT2D eigenvalue weighted by Gasteiger charge is -2.41. The van der Waals surface area contributed by atoms with Crippen LogP contribution in [-0.2, 0) is 19.8 Å². The lowest BCUT2D eigenvalue weighted by Crippen LogP contribution is -2.57. The highest BCUT2D eigenvalue weighted by atomic mass is 32.2. The minimum absolute atomic E-state index is 0.118. The lowest BCUT2D eigenvalue weighted by molar-refractivity contribution is -0.142. The summed E-state index contributed by atoms with van der Waals surface area (Å²) < 4.78 is 34.3. The molecule has 0 radical (unpaired) electrons. The van der Waals surface area contributed by atoms with Crippen LogP contribution >= 0.6 is 0 Å². The number of amides is 2. The zero-order valence-electron chi connectivity index (χ0n) is 19.6. The fraction of sp³-hybridized carbons (Fsp3) is 0.625. The van der Waals surface area contributed by atoms with Crippen molar-refractivity contribution < 1.29 is 22.7 Å². The van der Waals surface area contributed by atoms with Gasteiger partial charge in [0.05, 0.1) is 30.6 Å². The van der Waals surface area contributed by atoms with E-state index in [0.717, 1.165) is 17.7 Å². The molecular formula is C24H31N5O5S. The molecule has 4 aliphatic heterocycles. The van der Waals surface area contributed by atoms with Crippen molar-refractivity contribution in [3.63, 3.8) is 0 Å². The summed E-state index contributed by atoms with van der Waals surface area (Å²) in [5, 5.41) is 12.1. The molecule has 0 aromatic heterocycles. The van der Waals surface area contributed by atoms with E-state index in [1.807, 2.05) is 24.3 Å². The Bertz CT molecular complexity index is 1130. The molecule has 0 bridgehead atoms. The van der Waals surface area contributed by atoms with E-state index in [1.54, 1.807) is 4.90 Å². The van der Waals surface area contributed by atoms with Crippen molar-refractivity contribution in [1.29, 1.82) is 5.26 Å².